The lowest BCUT2D eigenvalue weighted by molar-refractivity contribution is -0.870. The second-order valence-corrected chi connectivity index (χ2v) is 16.1. The van der Waals surface area contributed by atoms with E-state index in [9.17, 15) is 19.4 Å². The average Bonchev–Trinajstić information content (AvgIpc) is 3.04. The van der Waals surface area contributed by atoms with Gasteiger partial charge < -0.3 is 19.8 Å². The first kappa shape index (κ1) is 47.7. The van der Waals surface area contributed by atoms with Crippen LogP contribution in [0.1, 0.15) is 162 Å². The number of aliphatic hydroxyl groups excluding tert-OH is 1. The Labute approximate surface area is 302 Å². The first-order chi connectivity index (χ1) is 23.5. The normalized spacial score (nSPS) is 15.0. The molecule has 0 saturated heterocycles. The number of hydrogen-bond acceptors (Lipinski definition) is 5. The van der Waals surface area contributed by atoms with Crippen LogP contribution in [-0.4, -0.2) is 73.4 Å². The van der Waals surface area contributed by atoms with Crippen molar-refractivity contribution in [2.24, 2.45) is 0 Å². The second kappa shape index (κ2) is 32.6. The van der Waals surface area contributed by atoms with Gasteiger partial charge in [0.2, 0.25) is 5.91 Å². The minimum atomic E-state index is -4.33. The number of likely N-dealkylation sites (N-methyl/N-ethyl adjacent to an activating group) is 1. The molecule has 0 spiro atoms. The van der Waals surface area contributed by atoms with Crippen molar-refractivity contribution in [3.8, 4) is 0 Å². The predicted molar refractivity (Wildman–Crippen MR) is 208 cm³/mol. The van der Waals surface area contributed by atoms with Gasteiger partial charge in [0.25, 0.3) is 0 Å². The molecule has 0 heterocycles. The molecule has 3 N–H and O–H groups in total. The number of quaternary nitrogens is 1. The third kappa shape index (κ3) is 34.9. The molecule has 9 heteroatoms. The van der Waals surface area contributed by atoms with Crippen LogP contribution in [-0.2, 0) is 18.4 Å². The fraction of sp³-hybridized carbons (Fsp3) is 0.825. The smallest absolute Gasteiger partial charge is 0.387 e. The molecule has 0 rings (SSSR count). The monoisotopic (exact) mass is 714 g/mol. The Morgan fingerprint density at radius 2 is 1.18 bits per heavy atom. The van der Waals surface area contributed by atoms with Crippen molar-refractivity contribution in [3.05, 3.63) is 36.5 Å². The summed E-state index contributed by atoms with van der Waals surface area (Å²) in [5.41, 5.74) is 0. The number of nitrogens with one attached hydrogen (secondary N) is 1. The van der Waals surface area contributed by atoms with Crippen LogP contribution in [0, 0.1) is 0 Å². The molecule has 3 unspecified atom stereocenters. The van der Waals surface area contributed by atoms with E-state index in [1.807, 2.05) is 27.2 Å². The number of nitrogens with zero attached hydrogens (tertiary/aromatic N) is 1. The van der Waals surface area contributed by atoms with Crippen LogP contribution in [0.5, 0.6) is 0 Å². The van der Waals surface area contributed by atoms with Crippen LogP contribution in [0.4, 0.5) is 0 Å². The second-order valence-electron chi connectivity index (χ2n) is 14.7. The van der Waals surface area contributed by atoms with Crippen molar-refractivity contribution in [1.82, 2.24) is 5.32 Å². The first-order valence-electron chi connectivity index (χ1n) is 19.9. The van der Waals surface area contributed by atoms with Gasteiger partial charge in [-0.05, 0) is 44.9 Å². The molecule has 8 nitrogen and oxygen atoms in total. The number of amides is 1. The van der Waals surface area contributed by atoms with E-state index in [2.05, 4.69) is 43.5 Å². The Kier molecular flexibility index (Phi) is 31.8. The first-order valence-corrected chi connectivity index (χ1v) is 21.4. The van der Waals surface area contributed by atoms with Crippen molar-refractivity contribution in [1.29, 1.82) is 0 Å². The van der Waals surface area contributed by atoms with Crippen molar-refractivity contribution >= 4 is 13.7 Å². The Hall–Kier alpha value is -1.28. The maximum absolute atomic E-state index is 12.8. The molecule has 1 amide bonds. The van der Waals surface area contributed by atoms with E-state index in [-0.39, 0.29) is 19.1 Å². The summed E-state index contributed by atoms with van der Waals surface area (Å²) < 4.78 is 23.5. The molecule has 0 aromatic rings. The van der Waals surface area contributed by atoms with Gasteiger partial charge in [0.05, 0.1) is 39.9 Å². The van der Waals surface area contributed by atoms with Gasteiger partial charge in [-0.15, -0.1) is 0 Å². The highest BCUT2D eigenvalue weighted by Crippen LogP contribution is 2.43. The van der Waals surface area contributed by atoms with Crippen LogP contribution in [0.3, 0.4) is 0 Å². The molecule has 49 heavy (non-hydrogen) atoms. The van der Waals surface area contributed by atoms with Gasteiger partial charge in [0.1, 0.15) is 13.2 Å². The summed E-state index contributed by atoms with van der Waals surface area (Å²) in [6.45, 7) is 4.73. The minimum absolute atomic E-state index is 0.0580. The van der Waals surface area contributed by atoms with Crippen LogP contribution >= 0.6 is 7.82 Å². The van der Waals surface area contributed by atoms with Crippen LogP contribution in [0.25, 0.3) is 0 Å². The van der Waals surface area contributed by atoms with Gasteiger partial charge in [-0.3, -0.25) is 13.8 Å². The number of rotatable bonds is 35. The molecule has 0 aliphatic heterocycles. The number of phosphoric acid groups is 1. The topological polar surface area (TPSA) is 105 Å². The van der Waals surface area contributed by atoms with Crippen molar-refractivity contribution < 1.29 is 32.9 Å². The average molecular weight is 714 g/mol. The number of allylic oxidation sites excluding steroid dienone is 5. The number of carbonyl (C=O) groups is 1. The number of carbonyl (C=O) groups excluding carboxylic acids is 1. The van der Waals surface area contributed by atoms with E-state index in [0.29, 0.717) is 17.4 Å². The summed E-state index contributed by atoms with van der Waals surface area (Å²) in [6, 6.07) is -0.850. The number of aliphatic hydroxyl groups is 1. The highest BCUT2D eigenvalue weighted by Gasteiger charge is 2.27. The molecule has 0 bridgehead atoms. The number of phosphoric ester groups is 1. The van der Waals surface area contributed by atoms with E-state index in [1.165, 1.54) is 77.0 Å². The molecule has 0 aliphatic carbocycles. The predicted octanol–water partition coefficient (Wildman–Crippen LogP) is 10.4. The zero-order chi connectivity index (χ0) is 36.5. The number of hydrogen-bond donors (Lipinski definition) is 3. The maximum Gasteiger partial charge on any atom is 0.472 e. The Morgan fingerprint density at radius 1 is 0.694 bits per heavy atom. The third-order valence-corrected chi connectivity index (χ3v) is 9.59. The standard InChI is InChI=1S/C40H77N2O6P/c1-6-8-10-12-14-16-18-20-22-24-26-28-30-32-34-40(44)41-38(37-48-49(45,46)47-36-35-42(3,4)5)39(43)33-31-29-27-25-23-21-19-17-15-13-11-9-7-2/h12,14,18,20,31,33,38-39,43H,6-11,13,15-17,19,21-30,32,34-37H2,1-5H3,(H-,41,44,45,46)/p+1/b14-12-,20-18-,33-31+. The lowest BCUT2D eigenvalue weighted by Gasteiger charge is -2.25. The van der Waals surface area contributed by atoms with Gasteiger partial charge in [-0.1, -0.05) is 147 Å². The van der Waals surface area contributed by atoms with Crippen LogP contribution in [0.15, 0.2) is 36.5 Å². The third-order valence-electron chi connectivity index (χ3n) is 8.60. The van der Waals surface area contributed by atoms with Crippen LogP contribution in [0.2, 0.25) is 0 Å². The Bertz CT molecular complexity index is 902. The summed E-state index contributed by atoms with van der Waals surface area (Å²) in [6.07, 6.45) is 37.7. The molecule has 288 valence electrons. The van der Waals surface area contributed by atoms with Crippen molar-refractivity contribution in [2.75, 3.05) is 40.9 Å². The van der Waals surface area contributed by atoms with Gasteiger partial charge in [-0.2, -0.15) is 0 Å². The summed E-state index contributed by atoms with van der Waals surface area (Å²) in [5, 5.41) is 13.7. The molecule has 3 atom stereocenters. The van der Waals surface area contributed by atoms with E-state index >= 15 is 0 Å². The zero-order valence-corrected chi connectivity index (χ0v) is 33.3. The molecule has 0 saturated carbocycles. The summed E-state index contributed by atoms with van der Waals surface area (Å²) in [5.74, 6) is -0.194. The van der Waals surface area contributed by atoms with Crippen molar-refractivity contribution in [2.45, 2.75) is 174 Å². The largest absolute Gasteiger partial charge is 0.472 e. The van der Waals surface area contributed by atoms with E-state index < -0.39 is 20.0 Å². The van der Waals surface area contributed by atoms with E-state index in [0.717, 1.165) is 64.2 Å². The summed E-state index contributed by atoms with van der Waals surface area (Å²) in [7, 11) is 1.56. The maximum atomic E-state index is 12.8. The lowest BCUT2D eigenvalue weighted by atomic mass is 10.0. The zero-order valence-electron chi connectivity index (χ0n) is 32.4. The molecule has 0 aromatic heterocycles. The van der Waals surface area contributed by atoms with Gasteiger partial charge >= 0.3 is 7.82 Å². The lowest BCUT2D eigenvalue weighted by Crippen LogP contribution is -2.45. The quantitative estimate of drug-likeness (QED) is 0.0261. The highest BCUT2D eigenvalue weighted by molar-refractivity contribution is 7.47. The van der Waals surface area contributed by atoms with Gasteiger partial charge in [0, 0.05) is 6.42 Å². The minimum Gasteiger partial charge on any atom is -0.387 e. The van der Waals surface area contributed by atoms with Gasteiger partial charge in [0.15, 0.2) is 0 Å². The molecule has 0 aliphatic rings. The Balaban J connectivity index is 4.55. The fourth-order valence-electron chi connectivity index (χ4n) is 5.35. The highest BCUT2D eigenvalue weighted by atomic mass is 31.2. The molecular formula is C40H78N2O6P+. The van der Waals surface area contributed by atoms with Gasteiger partial charge in [-0.25, -0.2) is 4.57 Å². The van der Waals surface area contributed by atoms with Crippen LogP contribution < -0.4 is 5.32 Å². The molecular weight excluding hydrogens is 635 g/mol. The molecule has 0 aromatic carbocycles. The SMILES string of the molecule is CCCC/C=C\C/C=C\CCCCCCCC(=O)NC(COP(=O)(O)OCC[N+](C)(C)C)C(O)/C=C/CCCCCCCCCCCCC. The molecule has 0 radical (unpaired) electrons. The molecule has 0 fully saturated rings. The summed E-state index contributed by atoms with van der Waals surface area (Å²) >= 11 is 0. The summed E-state index contributed by atoms with van der Waals surface area (Å²) in [4.78, 5) is 23.0. The number of unbranched alkanes of at least 4 members (excludes halogenated alkanes) is 18. The van der Waals surface area contributed by atoms with E-state index in [4.69, 9.17) is 9.05 Å². The Morgan fingerprint density at radius 3 is 1.73 bits per heavy atom. The van der Waals surface area contributed by atoms with E-state index in [1.54, 1.807) is 6.08 Å². The van der Waals surface area contributed by atoms with Crippen molar-refractivity contribution in [3.63, 3.8) is 0 Å². The fourth-order valence-corrected chi connectivity index (χ4v) is 6.09.